The maximum Gasteiger partial charge on any atom is 0.0540 e. The first-order valence-corrected chi connectivity index (χ1v) is 18.8. The molecule has 0 saturated carbocycles. The molecule has 0 bridgehead atoms. The Labute approximate surface area is 315 Å². The normalized spacial score (nSPS) is 11.5. The van der Waals surface area contributed by atoms with Gasteiger partial charge in [0.05, 0.1) is 5.69 Å². The Bertz CT molecular complexity index is 2920. The number of anilines is 3. The molecular weight excluding hydrogens is 653 g/mol. The number of fused-ring (bicyclic) bond motifs is 6. The molecule has 0 aliphatic rings. The molecular formula is C52H38N2. The molecule has 1 heterocycles. The molecule has 54 heavy (non-hydrogen) atoms. The number of hydrogen-bond acceptors (Lipinski definition) is 1. The van der Waals surface area contributed by atoms with Crippen LogP contribution in [-0.4, -0.2) is 4.57 Å². The third-order valence-electron chi connectivity index (χ3n) is 10.9. The van der Waals surface area contributed by atoms with Crippen LogP contribution in [0.3, 0.4) is 0 Å². The predicted molar refractivity (Wildman–Crippen MR) is 230 cm³/mol. The first kappa shape index (κ1) is 31.8. The summed E-state index contributed by atoms with van der Waals surface area (Å²) < 4.78 is 2.54. The van der Waals surface area contributed by atoms with Gasteiger partial charge in [0, 0.05) is 45.1 Å². The minimum atomic E-state index is 0.844. The number of nitrogens with zero attached hydrogens (tertiary/aromatic N) is 2. The molecule has 10 rings (SSSR count). The van der Waals surface area contributed by atoms with Crippen molar-refractivity contribution in [3.8, 4) is 22.3 Å². The molecule has 0 N–H and O–H groups in total. The molecule has 10 aromatic rings. The van der Waals surface area contributed by atoms with Gasteiger partial charge in [0.1, 0.15) is 0 Å². The molecule has 0 atom stereocenters. The number of aryl methyl sites for hydroxylation is 2. The van der Waals surface area contributed by atoms with E-state index in [-0.39, 0.29) is 0 Å². The van der Waals surface area contributed by atoms with Gasteiger partial charge in [0.25, 0.3) is 0 Å². The van der Waals surface area contributed by atoms with Crippen molar-refractivity contribution in [1.82, 2.24) is 4.57 Å². The lowest BCUT2D eigenvalue weighted by atomic mass is 9.94. The van der Waals surface area contributed by atoms with Gasteiger partial charge in [0.15, 0.2) is 0 Å². The number of para-hydroxylation sites is 2. The predicted octanol–water partition coefficient (Wildman–Crippen LogP) is 14.1. The monoisotopic (exact) mass is 690 g/mol. The summed E-state index contributed by atoms with van der Waals surface area (Å²) in [4.78, 5) is 2.46. The second-order valence-electron chi connectivity index (χ2n) is 14.0. The largest absolute Gasteiger partial charge is 0.340 e. The number of benzene rings is 9. The van der Waals surface area contributed by atoms with Crippen LogP contribution in [0.25, 0.3) is 65.6 Å². The SMILES string of the molecule is c1ccc(-c2ccc(N(c3ccccc3CCn3c4ccccc4c4c5c(-c6ccccc6)cccc5ccc43)c3cccc4ccccc34)cc2)cc1. The molecule has 0 radical (unpaired) electrons. The molecule has 2 heteroatoms. The fraction of sp³-hybridized carbons (Fsp3) is 0.0385. The maximum absolute atomic E-state index is 2.54. The second-order valence-corrected chi connectivity index (χ2v) is 14.0. The van der Waals surface area contributed by atoms with Gasteiger partial charge in [-0.3, -0.25) is 0 Å². The minimum absolute atomic E-state index is 0.844. The molecule has 1 aromatic heterocycles. The third kappa shape index (κ3) is 5.52. The fourth-order valence-corrected chi connectivity index (χ4v) is 8.43. The van der Waals surface area contributed by atoms with Crippen molar-refractivity contribution in [3.63, 3.8) is 0 Å². The zero-order chi connectivity index (χ0) is 35.8. The van der Waals surface area contributed by atoms with E-state index in [9.17, 15) is 0 Å². The van der Waals surface area contributed by atoms with Crippen molar-refractivity contribution in [3.05, 3.63) is 212 Å². The van der Waals surface area contributed by atoms with Crippen LogP contribution in [0.2, 0.25) is 0 Å². The van der Waals surface area contributed by atoms with Gasteiger partial charge in [-0.2, -0.15) is 0 Å². The molecule has 256 valence electrons. The van der Waals surface area contributed by atoms with E-state index < -0.39 is 0 Å². The zero-order valence-corrected chi connectivity index (χ0v) is 29.9. The van der Waals surface area contributed by atoms with E-state index >= 15 is 0 Å². The van der Waals surface area contributed by atoms with E-state index in [0.29, 0.717) is 0 Å². The standard InChI is InChI=1S/C52H38N2/c1-3-15-37(16-4-1)38-29-32-43(33-30-38)54(49-28-14-21-39-19-7-9-23-44(39)49)47-26-11-8-20-41(47)35-36-53-48-27-12-10-24-46(48)52-50(53)34-31-42-22-13-25-45(51(42)52)40-17-5-2-6-18-40/h1-34H,35-36H2. The van der Waals surface area contributed by atoms with Gasteiger partial charge in [0.2, 0.25) is 0 Å². The molecule has 0 unspecified atom stereocenters. The summed E-state index contributed by atoms with van der Waals surface area (Å²) >= 11 is 0. The van der Waals surface area contributed by atoms with Crippen molar-refractivity contribution < 1.29 is 0 Å². The van der Waals surface area contributed by atoms with E-state index in [0.717, 1.165) is 18.7 Å². The molecule has 0 aliphatic heterocycles. The van der Waals surface area contributed by atoms with Crippen LogP contribution in [-0.2, 0) is 13.0 Å². The Morgan fingerprint density at radius 3 is 1.81 bits per heavy atom. The van der Waals surface area contributed by atoms with Crippen LogP contribution in [0, 0.1) is 0 Å². The molecule has 0 spiro atoms. The average Bonchev–Trinajstić information content (AvgIpc) is 3.57. The van der Waals surface area contributed by atoms with Crippen LogP contribution in [0.15, 0.2) is 206 Å². The molecule has 9 aromatic carbocycles. The van der Waals surface area contributed by atoms with E-state index in [1.165, 1.54) is 82.5 Å². The lowest BCUT2D eigenvalue weighted by Crippen LogP contribution is -2.13. The van der Waals surface area contributed by atoms with E-state index in [1.54, 1.807) is 0 Å². The van der Waals surface area contributed by atoms with Crippen molar-refractivity contribution in [2.45, 2.75) is 13.0 Å². The highest BCUT2D eigenvalue weighted by Gasteiger charge is 2.20. The first-order valence-electron chi connectivity index (χ1n) is 18.8. The van der Waals surface area contributed by atoms with Gasteiger partial charge in [-0.05, 0) is 86.8 Å². The lowest BCUT2D eigenvalue weighted by molar-refractivity contribution is 0.745. The summed E-state index contributed by atoms with van der Waals surface area (Å²) in [5.74, 6) is 0. The Hall–Kier alpha value is -6.90. The van der Waals surface area contributed by atoms with Crippen molar-refractivity contribution in [2.75, 3.05) is 4.90 Å². The number of aromatic nitrogens is 1. The fourth-order valence-electron chi connectivity index (χ4n) is 8.43. The Kier molecular flexibility index (Phi) is 8.00. The van der Waals surface area contributed by atoms with Crippen LogP contribution in [0.5, 0.6) is 0 Å². The highest BCUT2D eigenvalue weighted by molar-refractivity contribution is 6.24. The maximum atomic E-state index is 2.54. The lowest BCUT2D eigenvalue weighted by Gasteiger charge is -2.29. The van der Waals surface area contributed by atoms with Gasteiger partial charge < -0.3 is 9.47 Å². The number of rotatable bonds is 8. The van der Waals surface area contributed by atoms with Crippen molar-refractivity contribution >= 4 is 60.4 Å². The van der Waals surface area contributed by atoms with Gasteiger partial charge in [-0.1, -0.05) is 170 Å². The van der Waals surface area contributed by atoms with Crippen molar-refractivity contribution in [2.24, 2.45) is 0 Å². The van der Waals surface area contributed by atoms with E-state index in [2.05, 4.69) is 216 Å². The third-order valence-corrected chi connectivity index (χ3v) is 10.9. The molecule has 0 amide bonds. The summed E-state index contributed by atoms with van der Waals surface area (Å²) in [6.07, 6.45) is 0.867. The van der Waals surface area contributed by atoms with Gasteiger partial charge in [-0.25, -0.2) is 0 Å². The summed E-state index contributed by atoms with van der Waals surface area (Å²) in [6, 6.07) is 75.0. The van der Waals surface area contributed by atoms with E-state index in [4.69, 9.17) is 0 Å². The van der Waals surface area contributed by atoms with Gasteiger partial charge in [-0.15, -0.1) is 0 Å². The second kappa shape index (κ2) is 13.6. The summed E-state index contributed by atoms with van der Waals surface area (Å²) in [6.45, 7) is 0.844. The summed E-state index contributed by atoms with van der Waals surface area (Å²) in [5, 5.41) is 7.66. The zero-order valence-electron chi connectivity index (χ0n) is 29.9. The summed E-state index contributed by atoms with van der Waals surface area (Å²) in [5.41, 5.74) is 12.3. The Balaban J connectivity index is 1.11. The van der Waals surface area contributed by atoms with Gasteiger partial charge >= 0.3 is 0 Å². The van der Waals surface area contributed by atoms with Crippen LogP contribution >= 0.6 is 0 Å². The molecule has 0 aliphatic carbocycles. The minimum Gasteiger partial charge on any atom is -0.340 e. The average molecular weight is 691 g/mol. The van der Waals surface area contributed by atoms with Crippen LogP contribution in [0.1, 0.15) is 5.56 Å². The quantitative estimate of drug-likeness (QED) is 0.154. The van der Waals surface area contributed by atoms with Crippen LogP contribution in [0.4, 0.5) is 17.1 Å². The highest BCUT2D eigenvalue weighted by atomic mass is 15.1. The first-order chi connectivity index (χ1) is 26.8. The van der Waals surface area contributed by atoms with Crippen molar-refractivity contribution in [1.29, 1.82) is 0 Å². The number of hydrogen-bond donors (Lipinski definition) is 0. The molecule has 2 nitrogen and oxygen atoms in total. The highest BCUT2D eigenvalue weighted by Crippen LogP contribution is 2.43. The molecule has 0 saturated heterocycles. The topological polar surface area (TPSA) is 8.17 Å². The Morgan fingerprint density at radius 1 is 0.370 bits per heavy atom. The van der Waals surface area contributed by atoms with Crippen LogP contribution < -0.4 is 4.90 Å². The molecule has 0 fully saturated rings. The smallest absolute Gasteiger partial charge is 0.0540 e. The van der Waals surface area contributed by atoms with E-state index in [1.807, 2.05) is 0 Å². The Morgan fingerprint density at radius 2 is 0.981 bits per heavy atom. The summed E-state index contributed by atoms with van der Waals surface area (Å²) in [7, 11) is 0.